The minimum atomic E-state index is -0.570. The Balaban J connectivity index is 1.43. The van der Waals surface area contributed by atoms with Gasteiger partial charge in [0.05, 0.1) is 4.88 Å². The lowest BCUT2D eigenvalue weighted by Crippen LogP contribution is -2.44. The number of rotatable bonds is 7. The quantitative estimate of drug-likeness (QED) is 0.787. The Labute approximate surface area is 158 Å². The first-order valence-corrected chi connectivity index (χ1v) is 9.92. The molecule has 1 atom stereocenters. The largest absolute Gasteiger partial charge is 0.350 e. The van der Waals surface area contributed by atoms with Crippen LogP contribution < -0.4 is 10.6 Å². The van der Waals surface area contributed by atoms with Gasteiger partial charge in [-0.15, -0.1) is 11.3 Å². The smallest absolute Gasteiger partial charge is 0.261 e. The Morgan fingerprint density at radius 3 is 2.46 bits per heavy atom. The number of nitrogens with zero attached hydrogens (tertiary/aromatic N) is 1. The molecule has 2 heterocycles. The lowest BCUT2D eigenvalue weighted by atomic mass is 10.1. The lowest BCUT2D eigenvalue weighted by molar-refractivity contribution is -0.122. The van der Waals surface area contributed by atoms with E-state index in [4.69, 9.17) is 0 Å². The van der Waals surface area contributed by atoms with Crippen LogP contribution in [0.25, 0.3) is 0 Å². The molecule has 1 aromatic carbocycles. The first-order valence-electron chi connectivity index (χ1n) is 9.04. The van der Waals surface area contributed by atoms with Crippen LogP contribution in [0, 0.1) is 0 Å². The third-order valence-electron chi connectivity index (χ3n) is 4.58. The van der Waals surface area contributed by atoms with E-state index in [1.165, 1.54) is 42.8 Å². The minimum Gasteiger partial charge on any atom is -0.350 e. The summed E-state index contributed by atoms with van der Waals surface area (Å²) in [5, 5.41) is 7.44. The summed E-state index contributed by atoms with van der Waals surface area (Å²) >= 11 is 1.36. The molecular weight excluding hydrogens is 346 g/mol. The van der Waals surface area contributed by atoms with Crippen LogP contribution in [0.4, 0.5) is 0 Å². The zero-order valence-corrected chi connectivity index (χ0v) is 15.8. The average molecular weight is 372 g/mol. The second-order valence-electron chi connectivity index (χ2n) is 6.69. The van der Waals surface area contributed by atoms with E-state index in [1.54, 1.807) is 13.0 Å². The highest BCUT2D eigenvalue weighted by atomic mass is 32.1. The summed E-state index contributed by atoms with van der Waals surface area (Å²) in [7, 11) is 0. The van der Waals surface area contributed by atoms with Gasteiger partial charge in [-0.05, 0) is 55.4 Å². The van der Waals surface area contributed by atoms with Crippen molar-refractivity contribution < 1.29 is 9.59 Å². The Bertz CT molecular complexity index is 722. The molecule has 1 aromatic heterocycles. The summed E-state index contributed by atoms with van der Waals surface area (Å²) in [4.78, 5) is 27.3. The van der Waals surface area contributed by atoms with Gasteiger partial charge in [-0.3, -0.25) is 14.5 Å². The molecule has 1 saturated heterocycles. The average Bonchev–Trinajstić information content (AvgIpc) is 3.34. The Morgan fingerprint density at radius 1 is 1.12 bits per heavy atom. The number of likely N-dealkylation sites (tertiary alicyclic amines) is 1. The summed E-state index contributed by atoms with van der Waals surface area (Å²) in [5.41, 5.74) is 2.36. The summed E-state index contributed by atoms with van der Waals surface area (Å²) in [6.45, 7) is 5.53. The molecule has 0 aliphatic carbocycles. The van der Waals surface area contributed by atoms with Crippen LogP contribution in [0.3, 0.4) is 0 Å². The minimum absolute atomic E-state index is 0.184. The van der Waals surface area contributed by atoms with Crippen LogP contribution in [0.5, 0.6) is 0 Å². The predicted octanol–water partition coefficient (Wildman–Crippen LogP) is 2.78. The molecule has 3 rings (SSSR count). The number of carbonyl (C=O) groups excluding carboxylic acids is 2. The molecule has 0 spiro atoms. The van der Waals surface area contributed by atoms with Crippen molar-refractivity contribution in [3.05, 3.63) is 57.8 Å². The fourth-order valence-electron chi connectivity index (χ4n) is 3.04. The number of carbonyl (C=O) groups is 2. The van der Waals surface area contributed by atoms with Crippen molar-refractivity contribution in [2.45, 2.75) is 38.9 Å². The van der Waals surface area contributed by atoms with Crippen molar-refractivity contribution in [1.29, 1.82) is 0 Å². The number of amides is 2. The van der Waals surface area contributed by atoms with Crippen molar-refractivity contribution >= 4 is 23.2 Å². The summed E-state index contributed by atoms with van der Waals surface area (Å²) in [6.07, 6.45) is 2.59. The van der Waals surface area contributed by atoms with Gasteiger partial charge in [0.1, 0.15) is 6.04 Å². The highest BCUT2D eigenvalue weighted by Crippen LogP contribution is 2.13. The number of nitrogens with one attached hydrogen (secondary N) is 2. The molecule has 5 nitrogen and oxygen atoms in total. The van der Waals surface area contributed by atoms with E-state index in [2.05, 4.69) is 39.8 Å². The van der Waals surface area contributed by atoms with Crippen LogP contribution >= 0.6 is 11.3 Å². The Morgan fingerprint density at radius 2 is 1.81 bits per heavy atom. The molecule has 2 aromatic rings. The van der Waals surface area contributed by atoms with Crippen LogP contribution in [0.1, 0.15) is 40.6 Å². The maximum absolute atomic E-state index is 12.2. The Hall–Kier alpha value is -2.18. The van der Waals surface area contributed by atoms with Gasteiger partial charge < -0.3 is 10.6 Å². The molecule has 1 aliphatic rings. The molecular formula is C20H25N3O2S. The summed E-state index contributed by atoms with van der Waals surface area (Å²) in [5.74, 6) is -0.398. The highest BCUT2D eigenvalue weighted by Gasteiger charge is 2.17. The van der Waals surface area contributed by atoms with Gasteiger partial charge in [-0.2, -0.15) is 0 Å². The third-order valence-corrected chi connectivity index (χ3v) is 5.45. The standard InChI is InChI=1S/C20H25N3O2S/c1-15(22-20(25)18-5-4-12-26-18)19(24)21-13-16-6-8-17(9-7-16)14-23-10-2-3-11-23/h4-9,12,15H,2-3,10-11,13-14H2,1H3,(H,21,24)(H,22,25). The normalized spacial score (nSPS) is 15.6. The van der Waals surface area contributed by atoms with E-state index < -0.39 is 6.04 Å². The maximum Gasteiger partial charge on any atom is 0.261 e. The van der Waals surface area contributed by atoms with Crippen LogP contribution in [0.2, 0.25) is 0 Å². The number of hydrogen-bond acceptors (Lipinski definition) is 4. The first kappa shape index (κ1) is 18.6. The zero-order chi connectivity index (χ0) is 18.4. The van der Waals surface area contributed by atoms with E-state index >= 15 is 0 Å². The van der Waals surface area contributed by atoms with Crippen molar-refractivity contribution in [3.63, 3.8) is 0 Å². The van der Waals surface area contributed by atoms with E-state index in [0.29, 0.717) is 11.4 Å². The fraction of sp³-hybridized carbons (Fsp3) is 0.400. The van der Waals surface area contributed by atoms with Gasteiger partial charge in [0.15, 0.2) is 0 Å². The molecule has 26 heavy (non-hydrogen) atoms. The fourth-order valence-corrected chi connectivity index (χ4v) is 3.67. The molecule has 0 bridgehead atoms. The topological polar surface area (TPSA) is 61.4 Å². The van der Waals surface area contributed by atoms with Crippen molar-refractivity contribution in [2.75, 3.05) is 13.1 Å². The van der Waals surface area contributed by atoms with E-state index in [9.17, 15) is 9.59 Å². The molecule has 6 heteroatoms. The van der Waals surface area contributed by atoms with Crippen LogP contribution in [-0.4, -0.2) is 35.8 Å². The summed E-state index contributed by atoms with van der Waals surface area (Å²) < 4.78 is 0. The number of thiophene rings is 1. The van der Waals surface area contributed by atoms with Gasteiger partial charge in [0.25, 0.3) is 5.91 Å². The van der Waals surface area contributed by atoms with Gasteiger partial charge in [-0.1, -0.05) is 30.3 Å². The summed E-state index contributed by atoms with van der Waals surface area (Å²) in [6, 6.07) is 11.4. The number of hydrogen-bond donors (Lipinski definition) is 2. The van der Waals surface area contributed by atoms with Crippen molar-refractivity contribution in [1.82, 2.24) is 15.5 Å². The molecule has 0 saturated carbocycles. The third kappa shape index (κ3) is 5.16. The molecule has 138 valence electrons. The molecule has 2 amide bonds. The zero-order valence-electron chi connectivity index (χ0n) is 15.0. The highest BCUT2D eigenvalue weighted by molar-refractivity contribution is 7.12. The maximum atomic E-state index is 12.2. The second kappa shape index (κ2) is 8.96. The number of benzene rings is 1. The van der Waals surface area contributed by atoms with Gasteiger partial charge in [-0.25, -0.2) is 0 Å². The molecule has 1 aliphatic heterocycles. The SMILES string of the molecule is CC(NC(=O)c1cccs1)C(=O)NCc1ccc(CN2CCCC2)cc1. The van der Waals surface area contributed by atoms with Crippen molar-refractivity contribution in [2.24, 2.45) is 0 Å². The molecule has 1 fully saturated rings. The first-order chi connectivity index (χ1) is 12.6. The van der Waals surface area contributed by atoms with Crippen LogP contribution in [0.15, 0.2) is 41.8 Å². The van der Waals surface area contributed by atoms with Gasteiger partial charge in [0.2, 0.25) is 5.91 Å². The van der Waals surface area contributed by atoms with E-state index in [-0.39, 0.29) is 11.8 Å². The second-order valence-corrected chi connectivity index (χ2v) is 7.64. The molecule has 0 radical (unpaired) electrons. The molecule has 1 unspecified atom stereocenters. The van der Waals surface area contributed by atoms with Gasteiger partial charge in [0, 0.05) is 13.1 Å². The monoisotopic (exact) mass is 371 g/mol. The van der Waals surface area contributed by atoms with Crippen LogP contribution in [-0.2, 0) is 17.9 Å². The van der Waals surface area contributed by atoms with E-state index in [0.717, 1.165) is 12.1 Å². The van der Waals surface area contributed by atoms with Gasteiger partial charge >= 0.3 is 0 Å². The van der Waals surface area contributed by atoms with E-state index in [1.807, 2.05) is 11.4 Å². The lowest BCUT2D eigenvalue weighted by Gasteiger charge is -2.15. The van der Waals surface area contributed by atoms with Crippen molar-refractivity contribution in [3.8, 4) is 0 Å². The predicted molar refractivity (Wildman–Crippen MR) is 104 cm³/mol. The Kier molecular flexibility index (Phi) is 6.41. The molecule has 2 N–H and O–H groups in total.